The molecule has 0 bridgehead atoms. The van der Waals surface area contributed by atoms with E-state index < -0.39 is 0 Å². The fourth-order valence-corrected chi connectivity index (χ4v) is 3.42. The van der Waals surface area contributed by atoms with Crippen LogP contribution >= 0.6 is 0 Å². The highest BCUT2D eigenvalue weighted by Gasteiger charge is 2.18. The smallest absolute Gasteiger partial charge is 0.193 e. The van der Waals surface area contributed by atoms with Gasteiger partial charge in [-0.1, -0.05) is 48.5 Å². The van der Waals surface area contributed by atoms with Gasteiger partial charge >= 0.3 is 0 Å². The van der Waals surface area contributed by atoms with Crippen LogP contribution in [-0.4, -0.2) is 6.73 Å². The van der Waals surface area contributed by atoms with Gasteiger partial charge in [0.15, 0.2) is 12.2 Å². The molecule has 0 fully saturated rings. The zero-order chi connectivity index (χ0) is 18.2. The molecular weight excluding hydrogens is 338 g/mol. The number of fused-ring (bicyclic) bond motifs is 2. The quantitative estimate of drug-likeness (QED) is 0.517. The molecule has 0 amide bonds. The van der Waals surface area contributed by atoms with E-state index in [0.717, 1.165) is 29.1 Å². The van der Waals surface area contributed by atoms with Crippen LogP contribution in [0.1, 0.15) is 5.56 Å². The van der Waals surface area contributed by atoms with Gasteiger partial charge in [0, 0.05) is 35.5 Å². The highest BCUT2D eigenvalue weighted by atomic mass is 16.5. The molecule has 5 rings (SSSR count). The molecule has 4 heteroatoms. The summed E-state index contributed by atoms with van der Waals surface area (Å²) in [5, 5.41) is 0.580. The molecule has 2 heterocycles. The molecule has 1 aromatic heterocycles. The second-order valence-corrected chi connectivity index (χ2v) is 6.60. The Hall–Kier alpha value is -3.53. The molecule has 1 aliphatic heterocycles. The summed E-state index contributed by atoms with van der Waals surface area (Å²) >= 11 is 0. The van der Waals surface area contributed by atoms with Crippen LogP contribution in [0.2, 0.25) is 0 Å². The van der Waals surface area contributed by atoms with Gasteiger partial charge in [-0.05, 0) is 18.2 Å². The molecule has 1 aliphatic rings. The number of hydrogen-bond donors (Lipinski definition) is 0. The monoisotopic (exact) mass is 355 g/mol. The maximum absolute atomic E-state index is 12.5. The molecule has 4 nitrogen and oxygen atoms in total. The minimum Gasteiger partial charge on any atom is -0.473 e. The second kappa shape index (κ2) is 6.32. The van der Waals surface area contributed by atoms with Crippen molar-refractivity contribution >= 4 is 16.7 Å². The number of anilines is 1. The van der Waals surface area contributed by atoms with Crippen molar-refractivity contribution in [3.63, 3.8) is 0 Å². The van der Waals surface area contributed by atoms with Gasteiger partial charge in [-0.25, -0.2) is 0 Å². The van der Waals surface area contributed by atoms with Gasteiger partial charge in [0.25, 0.3) is 0 Å². The topological polar surface area (TPSA) is 42.7 Å². The Morgan fingerprint density at radius 3 is 2.56 bits per heavy atom. The van der Waals surface area contributed by atoms with E-state index in [-0.39, 0.29) is 5.43 Å². The summed E-state index contributed by atoms with van der Waals surface area (Å²) < 4.78 is 11.9. The third-order valence-corrected chi connectivity index (χ3v) is 4.85. The fraction of sp³-hybridized carbons (Fsp3) is 0.0870. The van der Waals surface area contributed by atoms with Gasteiger partial charge in [-0.15, -0.1) is 0 Å². The summed E-state index contributed by atoms with van der Waals surface area (Å²) in [6, 6.07) is 24.9. The number of rotatable bonds is 2. The minimum absolute atomic E-state index is 0.0399. The lowest BCUT2D eigenvalue weighted by Crippen LogP contribution is -2.31. The summed E-state index contributed by atoms with van der Waals surface area (Å²) in [6.45, 7) is 1.22. The highest BCUT2D eigenvalue weighted by molar-refractivity contribution is 5.82. The van der Waals surface area contributed by atoms with Crippen molar-refractivity contribution in [2.75, 3.05) is 11.6 Å². The molecule has 0 aliphatic carbocycles. The first kappa shape index (κ1) is 15.7. The predicted molar refractivity (Wildman–Crippen MR) is 106 cm³/mol. The van der Waals surface area contributed by atoms with E-state index >= 15 is 0 Å². The molecule has 3 aromatic carbocycles. The fourth-order valence-electron chi connectivity index (χ4n) is 3.42. The lowest BCUT2D eigenvalue weighted by atomic mass is 10.1. The molecule has 0 atom stereocenters. The van der Waals surface area contributed by atoms with E-state index in [0.29, 0.717) is 23.5 Å². The molecule has 0 spiro atoms. The second-order valence-electron chi connectivity index (χ2n) is 6.60. The Bertz CT molecular complexity index is 1180. The standard InChI is InChI=1S/C23H17NO3/c25-20-13-22(16-6-2-1-3-7-16)27-23-12-18(10-11-19(20)23)24-14-17-8-4-5-9-21(17)26-15-24/h1-13H,14-15H2. The first-order valence-corrected chi connectivity index (χ1v) is 8.87. The van der Waals surface area contributed by atoms with Gasteiger partial charge < -0.3 is 14.1 Å². The van der Waals surface area contributed by atoms with Gasteiger partial charge in [0.1, 0.15) is 17.1 Å². The van der Waals surface area contributed by atoms with Crippen LogP contribution in [0.3, 0.4) is 0 Å². The summed E-state index contributed by atoms with van der Waals surface area (Å²) in [4.78, 5) is 14.6. The number of nitrogens with zero attached hydrogens (tertiary/aromatic N) is 1. The molecule has 0 radical (unpaired) electrons. The van der Waals surface area contributed by atoms with Crippen LogP contribution in [0.4, 0.5) is 5.69 Å². The molecule has 0 N–H and O–H groups in total. The van der Waals surface area contributed by atoms with E-state index in [2.05, 4.69) is 11.0 Å². The third-order valence-electron chi connectivity index (χ3n) is 4.85. The molecule has 132 valence electrons. The van der Waals surface area contributed by atoms with Gasteiger partial charge in [-0.2, -0.15) is 0 Å². The average Bonchev–Trinajstić information content (AvgIpc) is 2.73. The lowest BCUT2D eigenvalue weighted by molar-refractivity contribution is 0.289. The largest absolute Gasteiger partial charge is 0.473 e. The Labute approximate surface area is 156 Å². The van der Waals surface area contributed by atoms with Crippen molar-refractivity contribution in [2.24, 2.45) is 0 Å². The lowest BCUT2D eigenvalue weighted by Gasteiger charge is -2.30. The van der Waals surface area contributed by atoms with E-state index in [4.69, 9.17) is 9.15 Å². The van der Waals surface area contributed by atoms with Crippen LogP contribution in [-0.2, 0) is 6.54 Å². The van der Waals surface area contributed by atoms with Crippen LogP contribution in [0.5, 0.6) is 5.75 Å². The zero-order valence-electron chi connectivity index (χ0n) is 14.6. The first-order valence-electron chi connectivity index (χ1n) is 8.87. The molecule has 4 aromatic rings. The molecular formula is C23H17NO3. The highest BCUT2D eigenvalue weighted by Crippen LogP contribution is 2.30. The SMILES string of the molecule is O=c1cc(-c2ccccc2)oc2cc(N3COc4ccccc4C3)ccc12. The summed E-state index contributed by atoms with van der Waals surface area (Å²) in [6.07, 6.45) is 0. The zero-order valence-corrected chi connectivity index (χ0v) is 14.6. The number of ether oxygens (including phenoxy) is 1. The number of para-hydroxylation sites is 1. The van der Waals surface area contributed by atoms with Crippen molar-refractivity contribution < 1.29 is 9.15 Å². The molecule has 27 heavy (non-hydrogen) atoms. The van der Waals surface area contributed by atoms with Gasteiger partial charge in [0.2, 0.25) is 0 Å². The summed E-state index contributed by atoms with van der Waals surface area (Å²) in [5.41, 5.74) is 3.53. The van der Waals surface area contributed by atoms with Gasteiger partial charge in [0.05, 0.1) is 5.39 Å². The molecule has 0 saturated carbocycles. The maximum atomic E-state index is 12.5. The van der Waals surface area contributed by atoms with Gasteiger partial charge in [-0.3, -0.25) is 4.79 Å². The van der Waals surface area contributed by atoms with Crippen molar-refractivity contribution in [3.8, 4) is 17.1 Å². The van der Waals surface area contributed by atoms with Crippen molar-refractivity contribution in [2.45, 2.75) is 6.54 Å². The third kappa shape index (κ3) is 2.85. The predicted octanol–water partition coefficient (Wildman–Crippen LogP) is 4.82. The van der Waals surface area contributed by atoms with Crippen molar-refractivity contribution in [3.05, 3.63) is 94.6 Å². The summed E-state index contributed by atoms with van der Waals surface area (Å²) in [7, 11) is 0. The number of benzene rings is 3. The Kier molecular flexibility index (Phi) is 3.68. The average molecular weight is 355 g/mol. The minimum atomic E-state index is -0.0399. The normalized spacial score (nSPS) is 13.3. The van der Waals surface area contributed by atoms with Crippen LogP contribution in [0.25, 0.3) is 22.3 Å². The van der Waals surface area contributed by atoms with E-state index in [9.17, 15) is 4.79 Å². The van der Waals surface area contributed by atoms with Crippen molar-refractivity contribution in [1.82, 2.24) is 0 Å². The van der Waals surface area contributed by atoms with E-state index in [1.165, 1.54) is 0 Å². The summed E-state index contributed by atoms with van der Waals surface area (Å²) in [5.74, 6) is 1.50. The van der Waals surface area contributed by atoms with E-state index in [1.54, 1.807) is 6.07 Å². The Balaban J connectivity index is 1.56. The van der Waals surface area contributed by atoms with Crippen LogP contribution in [0, 0.1) is 0 Å². The Morgan fingerprint density at radius 2 is 1.67 bits per heavy atom. The number of hydrogen-bond acceptors (Lipinski definition) is 4. The van der Waals surface area contributed by atoms with E-state index in [1.807, 2.05) is 66.7 Å². The van der Waals surface area contributed by atoms with Crippen molar-refractivity contribution in [1.29, 1.82) is 0 Å². The Morgan fingerprint density at radius 1 is 0.852 bits per heavy atom. The van der Waals surface area contributed by atoms with Crippen LogP contribution < -0.4 is 15.1 Å². The maximum Gasteiger partial charge on any atom is 0.193 e. The molecule has 0 saturated heterocycles. The first-order chi connectivity index (χ1) is 13.3. The molecule has 0 unspecified atom stereocenters. The van der Waals surface area contributed by atoms with Crippen LogP contribution in [0.15, 0.2) is 88.1 Å².